The Morgan fingerprint density at radius 2 is 1.57 bits per heavy atom. The highest BCUT2D eigenvalue weighted by atomic mass is 32.2. The lowest BCUT2D eigenvalue weighted by atomic mass is 10.0. The van der Waals surface area contributed by atoms with Crippen molar-refractivity contribution in [2.45, 2.75) is 6.54 Å². The molecule has 0 radical (unpaired) electrons. The van der Waals surface area contributed by atoms with Crippen molar-refractivity contribution in [3.05, 3.63) is 64.6 Å². The number of methoxy groups -OCH3 is 2. The Morgan fingerprint density at radius 3 is 2.25 bits per heavy atom. The second-order valence-electron chi connectivity index (χ2n) is 5.98. The number of nitrogens with zero attached hydrogens (tertiary/aromatic N) is 1. The standard InChI is InChI=1S/C21H21NO5S/c1-26-16-9-5-3-7-14(16)13-22-20(24)18(19(21(22)25)28-12-11-23)15-8-4-6-10-17(15)27-2/h3-10,23H,11-13H2,1-2H3. The van der Waals surface area contributed by atoms with Crippen LogP contribution in [0, 0.1) is 0 Å². The van der Waals surface area contributed by atoms with Crippen molar-refractivity contribution >= 4 is 29.1 Å². The van der Waals surface area contributed by atoms with E-state index < -0.39 is 0 Å². The predicted molar refractivity (Wildman–Crippen MR) is 108 cm³/mol. The number of benzene rings is 2. The summed E-state index contributed by atoms with van der Waals surface area (Å²) in [5.41, 5.74) is 1.60. The first-order valence-electron chi connectivity index (χ1n) is 8.71. The molecule has 0 bridgehead atoms. The molecule has 28 heavy (non-hydrogen) atoms. The van der Waals surface area contributed by atoms with Crippen LogP contribution in [0.25, 0.3) is 5.57 Å². The van der Waals surface area contributed by atoms with Crippen molar-refractivity contribution in [2.24, 2.45) is 0 Å². The number of imide groups is 1. The number of thioether (sulfide) groups is 1. The minimum Gasteiger partial charge on any atom is -0.496 e. The number of carbonyl (C=O) groups is 2. The molecule has 0 atom stereocenters. The van der Waals surface area contributed by atoms with Gasteiger partial charge in [-0.05, 0) is 12.1 Å². The van der Waals surface area contributed by atoms with Gasteiger partial charge >= 0.3 is 0 Å². The third-order valence-electron chi connectivity index (χ3n) is 4.36. The number of hydrogen-bond acceptors (Lipinski definition) is 6. The van der Waals surface area contributed by atoms with Crippen LogP contribution in [0.15, 0.2) is 53.4 Å². The highest BCUT2D eigenvalue weighted by molar-refractivity contribution is 8.04. The molecule has 0 fully saturated rings. The average Bonchev–Trinajstić information content (AvgIpc) is 2.96. The number of aliphatic hydroxyl groups is 1. The molecule has 3 rings (SSSR count). The van der Waals surface area contributed by atoms with E-state index in [0.717, 1.165) is 5.56 Å². The van der Waals surface area contributed by atoms with E-state index in [0.29, 0.717) is 33.3 Å². The first kappa shape index (κ1) is 20.0. The van der Waals surface area contributed by atoms with Crippen LogP contribution < -0.4 is 9.47 Å². The smallest absolute Gasteiger partial charge is 0.268 e. The molecule has 2 amide bonds. The molecule has 0 saturated heterocycles. The molecule has 6 nitrogen and oxygen atoms in total. The number of ether oxygens (including phenoxy) is 2. The molecule has 2 aromatic rings. The van der Waals surface area contributed by atoms with Gasteiger partial charge in [0.2, 0.25) is 0 Å². The lowest BCUT2D eigenvalue weighted by Crippen LogP contribution is -2.31. The molecule has 0 spiro atoms. The van der Waals surface area contributed by atoms with Crippen LogP contribution >= 0.6 is 11.8 Å². The maximum absolute atomic E-state index is 13.2. The van der Waals surface area contributed by atoms with E-state index >= 15 is 0 Å². The van der Waals surface area contributed by atoms with Crippen LogP contribution in [0.5, 0.6) is 11.5 Å². The number of para-hydroxylation sites is 2. The van der Waals surface area contributed by atoms with Crippen molar-refractivity contribution < 1.29 is 24.2 Å². The van der Waals surface area contributed by atoms with E-state index in [-0.39, 0.29) is 25.0 Å². The topological polar surface area (TPSA) is 76.1 Å². The Balaban J connectivity index is 2.02. The molecular weight excluding hydrogens is 378 g/mol. The summed E-state index contributed by atoms with van der Waals surface area (Å²) in [7, 11) is 3.07. The molecule has 1 heterocycles. The summed E-state index contributed by atoms with van der Waals surface area (Å²) >= 11 is 1.17. The summed E-state index contributed by atoms with van der Waals surface area (Å²) in [6.45, 7) is 0.00483. The monoisotopic (exact) mass is 399 g/mol. The molecule has 146 valence electrons. The van der Waals surface area contributed by atoms with Crippen LogP contribution in [0.4, 0.5) is 0 Å². The van der Waals surface area contributed by atoms with Gasteiger partial charge in [-0.1, -0.05) is 36.4 Å². The number of carbonyl (C=O) groups excluding carboxylic acids is 2. The summed E-state index contributed by atoms with van der Waals surface area (Å²) in [5, 5.41) is 9.21. The van der Waals surface area contributed by atoms with Gasteiger partial charge < -0.3 is 14.6 Å². The van der Waals surface area contributed by atoms with E-state index in [4.69, 9.17) is 9.47 Å². The van der Waals surface area contributed by atoms with E-state index in [1.54, 1.807) is 37.4 Å². The quantitative estimate of drug-likeness (QED) is 0.688. The highest BCUT2D eigenvalue weighted by Gasteiger charge is 2.40. The normalized spacial score (nSPS) is 14.0. The van der Waals surface area contributed by atoms with Crippen LogP contribution in [-0.2, 0) is 16.1 Å². The molecule has 1 aliphatic heterocycles. The van der Waals surface area contributed by atoms with Crippen LogP contribution in [0.2, 0.25) is 0 Å². The molecule has 7 heteroatoms. The predicted octanol–water partition coefficient (Wildman–Crippen LogP) is 2.71. The number of rotatable bonds is 8. The van der Waals surface area contributed by atoms with Gasteiger partial charge in [0, 0.05) is 16.9 Å². The van der Waals surface area contributed by atoms with Gasteiger partial charge in [0.25, 0.3) is 11.8 Å². The van der Waals surface area contributed by atoms with Gasteiger partial charge in [-0.3, -0.25) is 14.5 Å². The minimum absolute atomic E-state index is 0.0959. The fraction of sp³-hybridized carbons (Fsp3) is 0.238. The van der Waals surface area contributed by atoms with Crippen molar-refractivity contribution in [1.82, 2.24) is 4.90 Å². The van der Waals surface area contributed by atoms with Gasteiger partial charge in [0.15, 0.2) is 0 Å². The van der Waals surface area contributed by atoms with Gasteiger partial charge in [-0.15, -0.1) is 11.8 Å². The highest BCUT2D eigenvalue weighted by Crippen LogP contribution is 2.40. The largest absolute Gasteiger partial charge is 0.496 e. The molecule has 1 aliphatic rings. The third-order valence-corrected chi connectivity index (χ3v) is 5.41. The van der Waals surface area contributed by atoms with Gasteiger partial charge in [0.1, 0.15) is 11.5 Å². The summed E-state index contributed by atoms with van der Waals surface area (Å²) < 4.78 is 10.7. The second kappa shape index (κ2) is 8.95. The molecular formula is C21H21NO5S. The Labute approximate surface area is 167 Å². The van der Waals surface area contributed by atoms with Crippen LogP contribution in [0.3, 0.4) is 0 Å². The summed E-state index contributed by atoms with van der Waals surface area (Å²) in [5.74, 6) is 0.671. The van der Waals surface area contributed by atoms with E-state index in [2.05, 4.69) is 0 Å². The zero-order valence-corrected chi connectivity index (χ0v) is 16.5. The third kappa shape index (κ3) is 3.76. The number of aliphatic hydroxyl groups excluding tert-OH is 1. The van der Waals surface area contributed by atoms with Gasteiger partial charge in [-0.2, -0.15) is 0 Å². The number of hydrogen-bond donors (Lipinski definition) is 1. The van der Waals surface area contributed by atoms with Crippen molar-refractivity contribution in [3.8, 4) is 11.5 Å². The SMILES string of the molecule is COc1ccccc1CN1C(=O)C(SCCO)=C(c2ccccc2OC)C1=O. The Kier molecular flexibility index (Phi) is 6.38. The van der Waals surface area contributed by atoms with Crippen molar-refractivity contribution in [1.29, 1.82) is 0 Å². The second-order valence-corrected chi connectivity index (χ2v) is 7.09. The van der Waals surface area contributed by atoms with Crippen LogP contribution in [-0.4, -0.2) is 48.4 Å². The summed E-state index contributed by atoms with van der Waals surface area (Å²) in [6.07, 6.45) is 0. The zero-order valence-electron chi connectivity index (χ0n) is 15.7. The average molecular weight is 399 g/mol. The van der Waals surface area contributed by atoms with E-state index in [1.165, 1.54) is 23.8 Å². The van der Waals surface area contributed by atoms with Gasteiger partial charge in [-0.25, -0.2) is 0 Å². The first-order valence-corrected chi connectivity index (χ1v) is 9.70. The summed E-state index contributed by atoms with van der Waals surface area (Å²) in [6, 6.07) is 14.4. The fourth-order valence-electron chi connectivity index (χ4n) is 3.07. The Hall–Kier alpha value is -2.77. The van der Waals surface area contributed by atoms with Crippen molar-refractivity contribution in [3.63, 3.8) is 0 Å². The van der Waals surface area contributed by atoms with Crippen molar-refractivity contribution in [2.75, 3.05) is 26.6 Å². The number of amides is 2. The molecule has 0 aromatic heterocycles. The lowest BCUT2D eigenvalue weighted by molar-refractivity contribution is -0.137. The zero-order chi connectivity index (χ0) is 20.1. The summed E-state index contributed by atoms with van der Waals surface area (Å²) in [4.78, 5) is 27.8. The lowest BCUT2D eigenvalue weighted by Gasteiger charge is -2.17. The van der Waals surface area contributed by atoms with Gasteiger partial charge in [0.05, 0.1) is 37.8 Å². The fourth-order valence-corrected chi connectivity index (χ4v) is 3.94. The minimum atomic E-state index is -0.388. The molecule has 0 saturated carbocycles. The van der Waals surface area contributed by atoms with E-state index in [9.17, 15) is 14.7 Å². The van der Waals surface area contributed by atoms with Crippen LogP contribution in [0.1, 0.15) is 11.1 Å². The molecule has 0 unspecified atom stereocenters. The maximum atomic E-state index is 13.2. The molecule has 0 aliphatic carbocycles. The molecule has 1 N–H and O–H groups in total. The molecule has 2 aromatic carbocycles. The maximum Gasteiger partial charge on any atom is 0.268 e. The Morgan fingerprint density at radius 1 is 0.929 bits per heavy atom. The first-order chi connectivity index (χ1) is 13.6. The van der Waals surface area contributed by atoms with E-state index in [1.807, 2.05) is 18.2 Å². The Bertz CT molecular complexity index is 925.